The van der Waals surface area contributed by atoms with Crippen molar-refractivity contribution in [3.05, 3.63) is 12.7 Å². The molecule has 2 unspecified atom stereocenters. The number of carbonyl (C=O) groups excluding carboxylic acids is 1. The van der Waals surface area contributed by atoms with Gasteiger partial charge in [-0.2, -0.15) is 0 Å². The van der Waals surface area contributed by atoms with E-state index in [1.165, 1.54) is 44.9 Å². The fourth-order valence-electron chi connectivity index (χ4n) is 4.17. The number of ketones is 1. The number of nitrogens with zero attached hydrogens (tertiary/aromatic N) is 1. The van der Waals surface area contributed by atoms with Gasteiger partial charge >= 0.3 is 0 Å². The molecule has 2 fully saturated rings. The van der Waals surface area contributed by atoms with Crippen LogP contribution >= 0.6 is 0 Å². The second-order valence-corrected chi connectivity index (χ2v) is 7.13. The van der Waals surface area contributed by atoms with Crippen molar-refractivity contribution in [2.45, 2.75) is 89.1 Å². The second-order valence-electron chi connectivity index (χ2n) is 7.13. The van der Waals surface area contributed by atoms with Gasteiger partial charge in [0.25, 0.3) is 0 Å². The number of piperidine rings is 1. The van der Waals surface area contributed by atoms with Gasteiger partial charge in [0.05, 0.1) is 0 Å². The summed E-state index contributed by atoms with van der Waals surface area (Å²) in [4.78, 5) is 14.9. The summed E-state index contributed by atoms with van der Waals surface area (Å²) >= 11 is 0. The molecule has 2 bridgehead atoms. The molecule has 2 atom stereocenters. The van der Waals surface area contributed by atoms with Gasteiger partial charge in [-0.05, 0) is 52.0 Å². The summed E-state index contributed by atoms with van der Waals surface area (Å²) in [6.07, 6.45) is 16.4. The number of fused-ring (bicyclic) bond motifs is 2. The lowest BCUT2D eigenvalue weighted by Gasteiger charge is -2.35. The molecule has 21 heavy (non-hydrogen) atoms. The Morgan fingerprint density at radius 1 is 1.05 bits per heavy atom. The quantitative estimate of drug-likeness (QED) is 0.428. The number of hydrogen-bond acceptors (Lipinski definition) is 2. The van der Waals surface area contributed by atoms with Gasteiger partial charge < -0.3 is 4.90 Å². The van der Waals surface area contributed by atoms with Crippen molar-refractivity contribution in [3.63, 3.8) is 0 Å². The molecule has 0 radical (unpaired) electrons. The van der Waals surface area contributed by atoms with Gasteiger partial charge in [-0.3, -0.25) is 4.79 Å². The molecule has 120 valence electrons. The molecular weight excluding hydrogens is 258 g/mol. The Hall–Kier alpha value is -0.630. The minimum Gasteiger partial charge on any atom is -0.300 e. The summed E-state index contributed by atoms with van der Waals surface area (Å²) in [5, 5.41) is 0. The van der Waals surface area contributed by atoms with Crippen LogP contribution in [0.4, 0.5) is 0 Å². The number of hydrogen-bond donors (Lipinski definition) is 0. The summed E-state index contributed by atoms with van der Waals surface area (Å²) in [5.74, 6) is 0.943. The Kier molecular flexibility index (Phi) is 6.95. The lowest BCUT2D eigenvalue weighted by molar-refractivity contribution is -0.125. The molecule has 2 rings (SSSR count). The molecule has 0 aliphatic carbocycles. The van der Waals surface area contributed by atoms with Crippen molar-refractivity contribution in [2.24, 2.45) is 5.92 Å². The normalized spacial score (nSPS) is 28.7. The summed E-state index contributed by atoms with van der Waals surface area (Å²) in [5.41, 5.74) is 0. The first-order valence-corrected chi connectivity index (χ1v) is 9.08. The van der Waals surface area contributed by atoms with Crippen LogP contribution in [0.25, 0.3) is 0 Å². The van der Waals surface area contributed by atoms with Crippen LogP contribution in [0.2, 0.25) is 0 Å². The first-order valence-electron chi connectivity index (χ1n) is 9.08. The van der Waals surface area contributed by atoms with Crippen LogP contribution in [0.3, 0.4) is 0 Å². The number of unbranched alkanes of at least 4 members (excludes halogenated alkanes) is 6. The third kappa shape index (κ3) is 4.95. The van der Waals surface area contributed by atoms with Gasteiger partial charge in [0.1, 0.15) is 5.78 Å². The van der Waals surface area contributed by atoms with Crippen molar-refractivity contribution in [1.29, 1.82) is 0 Å². The van der Waals surface area contributed by atoms with Crippen LogP contribution in [0, 0.1) is 5.92 Å². The third-order valence-corrected chi connectivity index (χ3v) is 5.64. The first-order chi connectivity index (χ1) is 10.2. The highest BCUT2D eigenvalue weighted by atomic mass is 16.1. The van der Waals surface area contributed by atoms with Crippen molar-refractivity contribution < 1.29 is 4.79 Å². The smallest absolute Gasteiger partial charge is 0.136 e. The second kappa shape index (κ2) is 8.73. The van der Waals surface area contributed by atoms with Crippen LogP contribution in [-0.2, 0) is 4.79 Å². The lowest BCUT2D eigenvalue weighted by Crippen LogP contribution is -2.42. The summed E-state index contributed by atoms with van der Waals surface area (Å²) in [6, 6.07) is 1.39. The number of rotatable bonds is 10. The topological polar surface area (TPSA) is 20.3 Å². The minimum atomic E-state index is 0.381. The largest absolute Gasteiger partial charge is 0.300 e. The lowest BCUT2D eigenvalue weighted by atomic mass is 9.86. The van der Waals surface area contributed by atoms with E-state index in [0.29, 0.717) is 23.8 Å². The Balaban J connectivity index is 1.53. The molecule has 2 nitrogen and oxygen atoms in total. The Morgan fingerprint density at radius 3 is 2.24 bits per heavy atom. The fraction of sp³-hybridized carbons (Fsp3) is 0.842. The zero-order chi connectivity index (χ0) is 15.1. The maximum absolute atomic E-state index is 12.4. The van der Waals surface area contributed by atoms with E-state index >= 15 is 0 Å². The molecule has 0 saturated carbocycles. The molecule has 0 N–H and O–H groups in total. The molecule has 2 saturated heterocycles. The summed E-state index contributed by atoms with van der Waals surface area (Å²) < 4.78 is 0. The van der Waals surface area contributed by atoms with E-state index in [2.05, 4.69) is 18.5 Å². The molecule has 2 heteroatoms. The summed E-state index contributed by atoms with van der Waals surface area (Å²) in [7, 11) is 2.25. The minimum absolute atomic E-state index is 0.381. The predicted octanol–water partition coefficient (Wildman–Crippen LogP) is 4.74. The highest BCUT2D eigenvalue weighted by molar-refractivity contribution is 5.81. The molecule has 0 aromatic rings. The Labute approximate surface area is 131 Å². The van der Waals surface area contributed by atoms with Crippen LogP contribution < -0.4 is 0 Å². The number of carbonyl (C=O) groups is 1. The monoisotopic (exact) mass is 291 g/mol. The maximum atomic E-state index is 12.4. The van der Waals surface area contributed by atoms with E-state index in [-0.39, 0.29) is 0 Å². The van der Waals surface area contributed by atoms with E-state index < -0.39 is 0 Å². The highest BCUT2D eigenvalue weighted by Crippen LogP contribution is 2.38. The Morgan fingerprint density at radius 2 is 1.62 bits per heavy atom. The summed E-state index contributed by atoms with van der Waals surface area (Å²) in [6.45, 7) is 3.75. The molecule has 2 aliphatic rings. The average molecular weight is 291 g/mol. The zero-order valence-corrected chi connectivity index (χ0v) is 13.9. The highest BCUT2D eigenvalue weighted by Gasteiger charge is 2.40. The van der Waals surface area contributed by atoms with E-state index in [4.69, 9.17) is 0 Å². The van der Waals surface area contributed by atoms with Gasteiger partial charge in [-0.1, -0.05) is 31.8 Å². The fourth-order valence-corrected chi connectivity index (χ4v) is 4.17. The average Bonchev–Trinajstić information content (AvgIpc) is 2.71. The molecule has 0 aromatic heterocycles. The van der Waals surface area contributed by atoms with Gasteiger partial charge in [0.15, 0.2) is 0 Å². The van der Waals surface area contributed by atoms with Crippen molar-refractivity contribution in [3.8, 4) is 0 Å². The SMILES string of the molecule is C=CCCCCCCCCC(=O)C1CC2CCC(C1)N2C. The standard InChI is InChI=1S/C19H33NO/c1-3-4-5-6-7-8-9-10-11-19(21)16-14-17-12-13-18(15-16)20(17)2/h3,16-18H,1,4-15H2,2H3. The van der Waals surface area contributed by atoms with Crippen LogP contribution in [0.5, 0.6) is 0 Å². The van der Waals surface area contributed by atoms with Crippen molar-refractivity contribution in [1.82, 2.24) is 4.90 Å². The van der Waals surface area contributed by atoms with Gasteiger partial charge in [0.2, 0.25) is 0 Å². The molecule has 2 aliphatic heterocycles. The van der Waals surface area contributed by atoms with E-state index in [0.717, 1.165) is 32.1 Å². The predicted molar refractivity (Wildman–Crippen MR) is 89.4 cm³/mol. The molecule has 2 heterocycles. The first kappa shape index (κ1) is 16.7. The molecule has 0 spiro atoms. The molecular formula is C19H33NO. The van der Waals surface area contributed by atoms with Gasteiger partial charge in [-0.25, -0.2) is 0 Å². The third-order valence-electron chi connectivity index (χ3n) is 5.64. The number of allylic oxidation sites excluding steroid dienone is 1. The maximum Gasteiger partial charge on any atom is 0.136 e. The molecule has 0 aromatic carbocycles. The van der Waals surface area contributed by atoms with E-state index in [1.54, 1.807) is 0 Å². The van der Waals surface area contributed by atoms with Crippen molar-refractivity contribution in [2.75, 3.05) is 7.05 Å². The van der Waals surface area contributed by atoms with E-state index in [1.807, 2.05) is 6.08 Å². The van der Waals surface area contributed by atoms with Crippen molar-refractivity contribution >= 4 is 5.78 Å². The van der Waals surface area contributed by atoms with Crippen LogP contribution in [0.1, 0.15) is 77.0 Å². The zero-order valence-electron chi connectivity index (χ0n) is 13.9. The van der Waals surface area contributed by atoms with Gasteiger partial charge in [0, 0.05) is 24.4 Å². The Bertz CT molecular complexity index is 324. The number of Topliss-reactive ketones (excluding diaryl/α,β-unsaturated/α-hetero) is 1. The van der Waals surface area contributed by atoms with E-state index in [9.17, 15) is 4.79 Å². The van der Waals surface area contributed by atoms with Crippen LogP contribution in [0.15, 0.2) is 12.7 Å². The van der Waals surface area contributed by atoms with Crippen LogP contribution in [-0.4, -0.2) is 29.8 Å². The van der Waals surface area contributed by atoms with Gasteiger partial charge in [-0.15, -0.1) is 6.58 Å². The molecule has 0 amide bonds.